The van der Waals surface area contributed by atoms with Gasteiger partial charge in [-0.15, -0.1) is 0 Å². The summed E-state index contributed by atoms with van der Waals surface area (Å²) >= 11 is 0. The van der Waals surface area contributed by atoms with Crippen LogP contribution in [0.25, 0.3) is 0 Å². The van der Waals surface area contributed by atoms with E-state index in [0.29, 0.717) is 13.1 Å². The smallest absolute Gasteiger partial charge is 0.394 e. The lowest BCUT2D eigenvalue weighted by atomic mass is 10.1. The summed E-state index contributed by atoms with van der Waals surface area (Å²) in [5.74, 6) is 0. The summed E-state index contributed by atoms with van der Waals surface area (Å²) in [5, 5.41) is 9.04. The van der Waals surface area contributed by atoms with Gasteiger partial charge in [-0.2, -0.15) is 13.2 Å². The third-order valence-electron chi connectivity index (χ3n) is 3.06. The molecule has 6 heteroatoms. The van der Waals surface area contributed by atoms with Crippen molar-refractivity contribution < 1.29 is 23.0 Å². The molecule has 19 heavy (non-hydrogen) atoms. The molecular formula is C13H16F3NO2. The lowest BCUT2D eigenvalue weighted by Crippen LogP contribution is -2.53. The first-order valence-corrected chi connectivity index (χ1v) is 6.08. The van der Waals surface area contributed by atoms with Crippen LogP contribution in [0.4, 0.5) is 13.2 Å². The van der Waals surface area contributed by atoms with Gasteiger partial charge in [-0.3, -0.25) is 4.90 Å². The van der Waals surface area contributed by atoms with Crippen LogP contribution in [0.3, 0.4) is 0 Å². The number of nitrogens with zero attached hydrogens (tertiary/aromatic N) is 1. The summed E-state index contributed by atoms with van der Waals surface area (Å²) in [6, 6.07) is 9.29. The Morgan fingerprint density at radius 2 is 1.89 bits per heavy atom. The third kappa shape index (κ3) is 3.92. The van der Waals surface area contributed by atoms with E-state index in [9.17, 15) is 13.2 Å². The molecule has 2 atom stereocenters. The molecule has 1 aliphatic rings. The van der Waals surface area contributed by atoms with Crippen molar-refractivity contribution in [1.29, 1.82) is 0 Å². The van der Waals surface area contributed by atoms with Crippen LogP contribution in [-0.4, -0.2) is 48.1 Å². The fourth-order valence-electron chi connectivity index (χ4n) is 2.17. The highest BCUT2D eigenvalue weighted by Crippen LogP contribution is 2.28. The molecule has 0 bridgehead atoms. The van der Waals surface area contributed by atoms with Crippen molar-refractivity contribution in [3.63, 3.8) is 0 Å². The zero-order valence-electron chi connectivity index (χ0n) is 10.3. The van der Waals surface area contributed by atoms with Crippen LogP contribution in [0.2, 0.25) is 0 Å². The van der Waals surface area contributed by atoms with Crippen molar-refractivity contribution in [3.8, 4) is 0 Å². The summed E-state index contributed by atoms with van der Waals surface area (Å²) in [6.45, 7) is 0.123. The second kappa shape index (κ2) is 5.90. The average Bonchev–Trinajstić information content (AvgIpc) is 2.38. The third-order valence-corrected chi connectivity index (χ3v) is 3.06. The molecule has 1 N–H and O–H groups in total. The van der Waals surface area contributed by atoms with Gasteiger partial charge in [0.25, 0.3) is 0 Å². The Balaban J connectivity index is 2.03. The van der Waals surface area contributed by atoms with Gasteiger partial charge in [0, 0.05) is 19.6 Å². The van der Waals surface area contributed by atoms with E-state index in [1.807, 2.05) is 30.3 Å². The van der Waals surface area contributed by atoms with Crippen LogP contribution in [0.1, 0.15) is 5.56 Å². The number of benzene rings is 1. The summed E-state index contributed by atoms with van der Waals surface area (Å²) in [5.41, 5.74) is 0.946. The Morgan fingerprint density at radius 1 is 1.21 bits per heavy atom. The second-order valence-electron chi connectivity index (χ2n) is 4.65. The van der Waals surface area contributed by atoms with Crippen molar-refractivity contribution >= 4 is 0 Å². The van der Waals surface area contributed by atoms with E-state index in [4.69, 9.17) is 9.84 Å². The number of aliphatic hydroxyl groups is 1. The van der Waals surface area contributed by atoms with Gasteiger partial charge in [-0.1, -0.05) is 30.3 Å². The van der Waals surface area contributed by atoms with Crippen LogP contribution >= 0.6 is 0 Å². The molecule has 1 fully saturated rings. The number of alkyl halides is 3. The first-order chi connectivity index (χ1) is 8.99. The summed E-state index contributed by atoms with van der Waals surface area (Å²) < 4.78 is 43.0. The van der Waals surface area contributed by atoms with Crippen LogP contribution < -0.4 is 0 Å². The zero-order valence-corrected chi connectivity index (χ0v) is 10.3. The molecule has 1 saturated heterocycles. The minimum Gasteiger partial charge on any atom is -0.394 e. The molecule has 2 rings (SSSR count). The predicted molar refractivity (Wildman–Crippen MR) is 63.5 cm³/mol. The minimum absolute atomic E-state index is 0.200. The Morgan fingerprint density at radius 3 is 2.47 bits per heavy atom. The maximum Gasteiger partial charge on any atom is 0.415 e. The Kier molecular flexibility index (Phi) is 4.44. The zero-order chi connectivity index (χ0) is 13.9. The molecular weight excluding hydrogens is 259 g/mol. The largest absolute Gasteiger partial charge is 0.415 e. The summed E-state index contributed by atoms with van der Waals surface area (Å²) in [4.78, 5) is 1.66. The van der Waals surface area contributed by atoms with Gasteiger partial charge in [-0.25, -0.2) is 0 Å². The Hall–Kier alpha value is -1.11. The van der Waals surface area contributed by atoms with E-state index in [1.165, 1.54) is 0 Å². The highest BCUT2D eigenvalue weighted by Gasteiger charge is 2.45. The topological polar surface area (TPSA) is 32.7 Å². The number of hydrogen-bond acceptors (Lipinski definition) is 3. The van der Waals surface area contributed by atoms with Gasteiger partial charge in [0.2, 0.25) is 0 Å². The van der Waals surface area contributed by atoms with E-state index in [2.05, 4.69) is 0 Å². The molecule has 1 aromatic rings. The van der Waals surface area contributed by atoms with Crippen molar-refractivity contribution in [3.05, 3.63) is 35.9 Å². The van der Waals surface area contributed by atoms with Gasteiger partial charge in [0.1, 0.15) is 0 Å². The molecule has 0 saturated carbocycles. The molecule has 0 amide bonds. The van der Waals surface area contributed by atoms with Crippen molar-refractivity contribution in [2.75, 3.05) is 19.7 Å². The van der Waals surface area contributed by atoms with E-state index in [-0.39, 0.29) is 6.54 Å². The van der Waals surface area contributed by atoms with Crippen LogP contribution in [-0.2, 0) is 11.3 Å². The first-order valence-electron chi connectivity index (χ1n) is 6.08. The Labute approximate surface area is 109 Å². The molecule has 0 spiro atoms. The Bertz CT molecular complexity index is 397. The number of aliphatic hydroxyl groups excluding tert-OH is 1. The molecule has 3 nitrogen and oxygen atoms in total. The molecule has 0 aromatic heterocycles. The number of ether oxygens (including phenoxy) is 1. The van der Waals surface area contributed by atoms with Gasteiger partial charge >= 0.3 is 6.18 Å². The molecule has 1 aromatic carbocycles. The number of hydrogen-bond donors (Lipinski definition) is 1. The van der Waals surface area contributed by atoms with Crippen molar-refractivity contribution in [2.24, 2.45) is 0 Å². The first kappa shape index (κ1) is 14.3. The number of halogens is 3. The normalized spacial score (nSPS) is 25.5. The van der Waals surface area contributed by atoms with E-state index in [0.717, 1.165) is 5.56 Å². The molecule has 1 heterocycles. The van der Waals surface area contributed by atoms with E-state index in [1.54, 1.807) is 4.90 Å². The maximum atomic E-state index is 12.7. The van der Waals surface area contributed by atoms with Crippen LogP contribution in [0.5, 0.6) is 0 Å². The van der Waals surface area contributed by atoms with E-state index >= 15 is 0 Å². The molecule has 0 unspecified atom stereocenters. The highest BCUT2D eigenvalue weighted by molar-refractivity contribution is 5.14. The van der Waals surface area contributed by atoms with Gasteiger partial charge in [-0.05, 0) is 5.56 Å². The monoisotopic (exact) mass is 275 g/mol. The molecule has 106 valence electrons. The lowest BCUT2D eigenvalue weighted by Gasteiger charge is -2.38. The van der Waals surface area contributed by atoms with Gasteiger partial charge in [0.15, 0.2) is 6.10 Å². The fraction of sp³-hybridized carbons (Fsp3) is 0.538. The lowest BCUT2D eigenvalue weighted by molar-refractivity contribution is -0.257. The predicted octanol–water partition coefficient (Wildman–Crippen LogP) is 1.81. The summed E-state index contributed by atoms with van der Waals surface area (Å²) in [6.07, 6.45) is -7.02. The quantitative estimate of drug-likeness (QED) is 0.913. The van der Waals surface area contributed by atoms with Crippen molar-refractivity contribution in [2.45, 2.75) is 24.9 Å². The van der Waals surface area contributed by atoms with Crippen molar-refractivity contribution in [1.82, 2.24) is 4.90 Å². The van der Waals surface area contributed by atoms with Crippen LogP contribution in [0, 0.1) is 0 Å². The second-order valence-corrected chi connectivity index (χ2v) is 4.65. The molecule has 0 aliphatic carbocycles. The highest BCUT2D eigenvalue weighted by atomic mass is 19.4. The standard InChI is InChI=1S/C13H16F3NO2/c14-13(15,16)12-8-17(7-11(9-18)19-12)6-10-4-2-1-3-5-10/h1-5,11-12,18H,6-9H2/t11-,12-/m0/s1. The maximum absolute atomic E-state index is 12.7. The van der Waals surface area contributed by atoms with E-state index < -0.39 is 25.0 Å². The SMILES string of the molecule is OC[C@@H]1CN(Cc2ccccc2)C[C@@H](C(F)(F)F)O1. The minimum atomic E-state index is -4.40. The number of morpholine rings is 1. The van der Waals surface area contributed by atoms with Crippen LogP contribution in [0.15, 0.2) is 30.3 Å². The number of rotatable bonds is 3. The average molecular weight is 275 g/mol. The van der Waals surface area contributed by atoms with Gasteiger partial charge in [0.05, 0.1) is 12.7 Å². The fourth-order valence-corrected chi connectivity index (χ4v) is 2.17. The summed E-state index contributed by atoms with van der Waals surface area (Å²) in [7, 11) is 0. The molecule has 1 aliphatic heterocycles. The van der Waals surface area contributed by atoms with Gasteiger partial charge < -0.3 is 9.84 Å². The molecule has 0 radical (unpaired) electrons.